The number of benzene rings is 1. The number of rotatable bonds is 5. The number of aliphatic hydroxyl groups excluding tert-OH is 1. The predicted molar refractivity (Wildman–Crippen MR) is 70.6 cm³/mol. The minimum Gasteiger partial charge on any atom is -0.392 e. The number of aliphatic hydroxyl groups is 1. The molecule has 0 aromatic heterocycles. The fourth-order valence-electron chi connectivity index (χ4n) is 2.69. The minimum absolute atomic E-state index is 0.133. The highest BCUT2D eigenvalue weighted by Gasteiger charge is 2.20. The molecular formula is C15H23NO. The molecule has 2 nitrogen and oxygen atoms in total. The molecule has 1 aromatic rings. The highest BCUT2D eigenvalue weighted by molar-refractivity contribution is 5.21. The van der Waals surface area contributed by atoms with Crippen molar-refractivity contribution in [2.75, 3.05) is 6.54 Å². The zero-order valence-corrected chi connectivity index (χ0v) is 10.7. The monoisotopic (exact) mass is 233 g/mol. The molecule has 2 heteroatoms. The summed E-state index contributed by atoms with van der Waals surface area (Å²) in [6, 6.07) is 8.18. The molecule has 17 heavy (non-hydrogen) atoms. The van der Waals surface area contributed by atoms with Crippen LogP contribution in [0.2, 0.25) is 0 Å². The molecular weight excluding hydrogens is 210 g/mol. The first-order chi connectivity index (χ1) is 8.28. The Morgan fingerprint density at radius 1 is 1.18 bits per heavy atom. The molecule has 94 valence electrons. The van der Waals surface area contributed by atoms with Crippen LogP contribution in [0.3, 0.4) is 0 Å². The summed E-state index contributed by atoms with van der Waals surface area (Å²) < 4.78 is 0. The third-order valence-electron chi connectivity index (χ3n) is 3.77. The Morgan fingerprint density at radius 3 is 2.47 bits per heavy atom. The van der Waals surface area contributed by atoms with Crippen molar-refractivity contribution in [1.29, 1.82) is 0 Å². The Hall–Kier alpha value is -0.860. The summed E-state index contributed by atoms with van der Waals surface area (Å²) in [6.45, 7) is 4.57. The van der Waals surface area contributed by atoms with E-state index in [0.29, 0.717) is 0 Å². The summed E-state index contributed by atoms with van der Waals surface area (Å²) in [7, 11) is 0. The van der Waals surface area contributed by atoms with E-state index in [4.69, 9.17) is 5.11 Å². The molecule has 1 aromatic carbocycles. The van der Waals surface area contributed by atoms with Crippen molar-refractivity contribution in [2.24, 2.45) is 11.8 Å². The van der Waals surface area contributed by atoms with Gasteiger partial charge in [-0.1, -0.05) is 37.6 Å². The van der Waals surface area contributed by atoms with E-state index < -0.39 is 0 Å². The molecule has 2 rings (SSSR count). The molecule has 0 heterocycles. The lowest BCUT2D eigenvalue weighted by atomic mass is 10.1. The Labute approximate surface area is 104 Å². The van der Waals surface area contributed by atoms with E-state index in [2.05, 4.69) is 24.4 Å². The summed E-state index contributed by atoms with van der Waals surface area (Å²) in [4.78, 5) is 0. The van der Waals surface area contributed by atoms with Crippen LogP contribution in [0.15, 0.2) is 24.3 Å². The van der Waals surface area contributed by atoms with E-state index in [9.17, 15) is 0 Å². The Balaban J connectivity index is 1.70. The molecule has 1 fully saturated rings. The van der Waals surface area contributed by atoms with Crippen LogP contribution in [0.25, 0.3) is 0 Å². The number of hydrogen-bond acceptors (Lipinski definition) is 2. The largest absolute Gasteiger partial charge is 0.392 e. The van der Waals surface area contributed by atoms with Gasteiger partial charge in [0.15, 0.2) is 0 Å². The van der Waals surface area contributed by atoms with Gasteiger partial charge in [0.05, 0.1) is 6.61 Å². The van der Waals surface area contributed by atoms with Gasteiger partial charge in [0.1, 0.15) is 0 Å². The fraction of sp³-hybridized carbons (Fsp3) is 0.600. The van der Waals surface area contributed by atoms with E-state index in [-0.39, 0.29) is 6.61 Å². The van der Waals surface area contributed by atoms with E-state index in [1.165, 1.54) is 24.8 Å². The fourth-order valence-corrected chi connectivity index (χ4v) is 2.69. The van der Waals surface area contributed by atoms with E-state index in [0.717, 1.165) is 30.5 Å². The van der Waals surface area contributed by atoms with Crippen LogP contribution < -0.4 is 5.32 Å². The lowest BCUT2D eigenvalue weighted by Gasteiger charge is -2.11. The van der Waals surface area contributed by atoms with Crippen molar-refractivity contribution in [3.8, 4) is 0 Å². The SMILES string of the molecule is CC1CCC(CNCc2ccc(CO)cc2)C1. The molecule has 1 saturated carbocycles. The van der Waals surface area contributed by atoms with Gasteiger partial charge in [-0.05, 0) is 42.3 Å². The molecule has 2 unspecified atom stereocenters. The molecule has 2 N–H and O–H groups in total. The molecule has 0 spiro atoms. The standard InChI is InChI=1S/C15H23NO/c1-12-2-3-15(8-12)10-16-9-13-4-6-14(11-17)7-5-13/h4-7,12,15-17H,2-3,8-11H2,1H3. The van der Waals surface area contributed by atoms with Crippen molar-refractivity contribution >= 4 is 0 Å². The smallest absolute Gasteiger partial charge is 0.0681 e. The lowest BCUT2D eigenvalue weighted by Crippen LogP contribution is -2.20. The summed E-state index contributed by atoms with van der Waals surface area (Å²) in [5, 5.41) is 12.5. The highest BCUT2D eigenvalue weighted by atomic mass is 16.3. The maximum Gasteiger partial charge on any atom is 0.0681 e. The van der Waals surface area contributed by atoms with E-state index >= 15 is 0 Å². The van der Waals surface area contributed by atoms with Crippen LogP contribution in [0.1, 0.15) is 37.3 Å². The predicted octanol–water partition coefficient (Wildman–Crippen LogP) is 2.70. The Morgan fingerprint density at radius 2 is 1.88 bits per heavy atom. The second-order valence-electron chi connectivity index (χ2n) is 5.39. The quantitative estimate of drug-likeness (QED) is 0.819. The van der Waals surface area contributed by atoms with Crippen molar-refractivity contribution < 1.29 is 5.11 Å². The second-order valence-corrected chi connectivity index (χ2v) is 5.39. The summed E-state index contributed by atoms with van der Waals surface area (Å²) in [5.41, 5.74) is 2.28. The summed E-state index contributed by atoms with van der Waals surface area (Å²) >= 11 is 0. The van der Waals surface area contributed by atoms with Crippen LogP contribution in [0.4, 0.5) is 0 Å². The first-order valence-electron chi connectivity index (χ1n) is 6.67. The van der Waals surface area contributed by atoms with Gasteiger partial charge < -0.3 is 10.4 Å². The highest BCUT2D eigenvalue weighted by Crippen LogP contribution is 2.29. The molecule has 0 amide bonds. The van der Waals surface area contributed by atoms with Crippen LogP contribution in [-0.4, -0.2) is 11.7 Å². The molecule has 1 aliphatic carbocycles. The summed E-state index contributed by atoms with van der Waals surface area (Å²) in [6.07, 6.45) is 4.17. The van der Waals surface area contributed by atoms with E-state index in [1.54, 1.807) is 0 Å². The maximum absolute atomic E-state index is 8.96. The normalized spacial score (nSPS) is 24.1. The van der Waals surface area contributed by atoms with Gasteiger partial charge in [0.25, 0.3) is 0 Å². The van der Waals surface area contributed by atoms with Gasteiger partial charge in [-0.2, -0.15) is 0 Å². The number of hydrogen-bond donors (Lipinski definition) is 2. The van der Waals surface area contributed by atoms with Crippen molar-refractivity contribution in [3.63, 3.8) is 0 Å². The van der Waals surface area contributed by atoms with Crippen LogP contribution in [0.5, 0.6) is 0 Å². The Bertz CT molecular complexity index is 333. The van der Waals surface area contributed by atoms with Crippen LogP contribution in [0, 0.1) is 11.8 Å². The zero-order chi connectivity index (χ0) is 12.1. The first-order valence-corrected chi connectivity index (χ1v) is 6.67. The molecule has 0 radical (unpaired) electrons. The van der Waals surface area contributed by atoms with Crippen LogP contribution >= 0.6 is 0 Å². The topological polar surface area (TPSA) is 32.3 Å². The minimum atomic E-state index is 0.133. The molecule has 0 saturated heterocycles. The third-order valence-corrected chi connectivity index (χ3v) is 3.77. The van der Waals surface area contributed by atoms with Crippen molar-refractivity contribution in [1.82, 2.24) is 5.32 Å². The van der Waals surface area contributed by atoms with Gasteiger partial charge >= 0.3 is 0 Å². The van der Waals surface area contributed by atoms with Gasteiger partial charge in [0, 0.05) is 6.54 Å². The van der Waals surface area contributed by atoms with E-state index in [1.807, 2.05) is 12.1 Å². The molecule has 2 atom stereocenters. The maximum atomic E-state index is 8.96. The molecule has 0 aliphatic heterocycles. The van der Waals surface area contributed by atoms with Crippen LogP contribution in [-0.2, 0) is 13.2 Å². The first kappa shape index (κ1) is 12.6. The van der Waals surface area contributed by atoms with Crippen molar-refractivity contribution in [3.05, 3.63) is 35.4 Å². The van der Waals surface area contributed by atoms with Gasteiger partial charge in [0.2, 0.25) is 0 Å². The Kier molecular flexibility index (Phi) is 4.57. The summed E-state index contributed by atoms with van der Waals surface area (Å²) in [5.74, 6) is 1.80. The zero-order valence-electron chi connectivity index (χ0n) is 10.7. The molecule has 0 bridgehead atoms. The second kappa shape index (κ2) is 6.18. The average Bonchev–Trinajstić information content (AvgIpc) is 2.76. The molecule has 1 aliphatic rings. The third kappa shape index (κ3) is 3.83. The van der Waals surface area contributed by atoms with Gasteiger partial charge in [-0.3, -0.25) is 0 Å². The van der Waals surface area contributed by atoms with Gasteiger partial charge in [-0.25, -0.2) is 0 Å². The number of nitrogens with one attached hydrogen (secondary N) is 1. The lowest BCUT2D eigenvalue weighted by molar-refractivity contribution is 0.282. The van der Waals surface area contributed by atoms with Crippen molar-refractivity contribution in [2.45, 2.75) is 39.3 Å². The van der Waals surface area contributed by atoms with Gasteiger partial charge in [-0.15, -0.1) is 0 Å². The average molecular weight is 233 g/mol.